The Labute approximate surface area is 127 Å². The first-order valence-corrected chi connectivity index (χ1v) is 7.93. The van der Waals surface area contributed by atoms with Crippen molar-refractivity contribution in [2.75, 3.05) is 29.0 Å². The molecule has 0 spiro atoms. The summed E-state index contributed by atoms with van der Waals surface area (Å²) in [7, 11) is 0. The summed E-state index contributed by atoms with van der Waals surface area (Å²) in [6, 6.07) is 8.00. The summed E-state index contributed by atoms with van der Waals surface area (Å²) in [5.41, 5.74) is 8.28. The van der Waals surface area contributed by atoms with Crippen molar-refractivity contribution in [1.82, 2.24) is 4.98 Å². The Morgan fingerprint density at radius 2 is 2.19 bits per heavy atom. The lowest BCUT2D eigenvalue weighted by atomic mass is 10.2. The summed E-state index contributed by atoms with van der Waals surface area (Å²) in [6.07, 6.45) is 2.73. The van der Waals surface area contributed by atoms with E-state index in [-0.39, 0.29) is 12.3 Å². The number of anilines is 3. The van der Waals surface area contributed by atoms with Crippen LogP contribution in [0.5, 0.6) is 0 Å². The molecule has 1 aromatic heterocycles. The molecule has 3 N–H and O–H groups in total. The number of rotatable bonds is 4. The summed E-state index contributed by atoms with van der Waals surface area (Å²) in [4.78, 5) is 18.5. The number of aromatic nitrogens is 1. The van der Waals surface area contributed by atoms with Gasteiger partial charge >= 0.3 is 0 Å². The van der Waals surface area contributed by atoms with E-state index in [9.17, 15) is 4.79 Å². The highest BCUT2D eigenvalue weighted by atomic mass is 32.1. The van der Waals surface area contributed by atoms with Gasteiger partial charge in [0.15, 0.2) is 5.13 Å². The third kappa shape index (κ3) is 3.52. The maximum absolute atomic E-state index is 12.0. The van der Waals surface area contributed by atoms with Gasteiger partial charge in [-0.1, -0.05) is 6.07 Å². The zero-order chi connectivity index (χ0) is 14.7. The van der Waals surface area contributed by atoms with Gasteiger partial charge in [0.1, 0.15) is 0 Å². The highest BCUT2D eigenvalue weighted by Gasteiger charge is 2.13. The van der Waals surface area contributed by atoms with Crippen LogP contribution in [-0.2, 0) is 11.2 Å². The molecule has 0 atom stereocenters. The normalized spacial score (nSPS) is 14.4. The molecule has 0 aliphatic carbocycles. The van der Waals surface area contributed by atoms with Gasteiger partial charge in [0.05, 0.1) is 12.1 Å². The number of amides is 1. The molecular formula is C15H18N4OS. The van der Waals surface area contributed by atoms with Crippen molar-refractivity contribution in [2.45, 2.75) is 19.3 Å². The molecule has 110 valence electrons. The highest BCUT2D eigenvalue weighted by Crippen LogP contribution is 2.23. The molecule has 5 nitrogen and oxygen atoms in total. The molecule has 21 heavy (non-hydrogen) atoms. The van der Waals surface area contributed by atoms with E-state index in [2.05, 4.69) is 21.3 Å². The number of hydrogen-bond donors (Lipinski definition) is 2. The first kappa shape index (κ1) is 13.9. The van der Waals surface area contributed by atoms with Crippen molar-refractivity contribution < 1.29 is 4.79 Å². The minimum atomic E-state index is -0.0705. The molecule has 0 saturated carbocycles. The number of thiazole rings is 1. The van der Waals surface area contributed by atoms with Gasteiger partial charge in [-0.15, -0.1) is 11.3 Å². The summed E-state index contributed by atoms with van der Waals surface area (Å²) in [6.45, 7) is 2.19. The summed E-state index contributed by atoms with van der Waals surface area (Å²) >= 11 is 1.35. The summed E-state index contributed by atoms with van der Waals surface area (Å²) in [5, 5.41) is 5.23. The number of nitrogens with zero attached hydrogens (tertiary/aromatic N) is 2. The quantitative estimate of drug-likeness (QED) is 0.910. The molecular weight excluding hydrogens is 284 g/mol. The Balaban J connectivity index is 1.64. The topological polar surface area (TPSA) is 71.2 Å². The molecule has 2 heterocycles. The minimum Gasteiger partial charge on any atom is -0.375 e. The first-order valence-electron chi connectivity index (χ1n) is 7.05. The van der Waals surface area contributed by atoms with Gasteiger partial charge < -0.3 is 16.0 Å². The van der Waals surface area contributed by atoms with Crippen LogP contribution < -0.4 is 16.0 Å². The predicted octanol–water partition coefficient (Wildman–Crippen LogP) is 2.51. The maximum atomic E-state index is 12.0. The lowest BCUT2D eigenvalue weighted by molar-refractivity contribution is -0.115. The van der Waals surface area contributed by atoms with Crippen molar-refractivity contribution in [2.24, 2.45) is 0 Å². The smallest absolute Gasteiger partial charge is 0.230 e. The molecule has 1 saturated heterocycles. The van der Waals surface area contributed by atoms with Crippen molar-refractivity contribution >= 4 is 33.8 Å². The van der Waals surface area contributed by atoms with Crippen molar-refractivity contribution in [3.05, 3.63) is 35.3 Å². The Kier molecular flexibility index (Phi) is 4.06. The Bertz CT molecular complexity index is 634. The van der Waals surface area contributed by atoms with Crippen LogP contribution in [-0.4, -0.2) is 24.0 Å². The average Bonchev–Trinajstić information content (AvgIpc) is 3.11. The van der Waals surface area contributed by atoms with Gasteiger partial charge in [-0.3, -0.25) is 4.79 Å². The van der Waals surface area contributed by atoms with Crippen LogP contribution in [0.25, 0.3) is 0 Å². The lowest BCUT2D eigenvalue weighted by Gasteiger charge is -2.18. The minimum absolute atomic E-state index is 0.0705. The van der Waals surface area contributed by atoms with E-state index in [1.54, 1.807) is 0 Å². The van der Waals surface area contributed by atoms with Crippen LogP contribution in [0.15, 0.2) is 29.6 Å². The van der Waals surface area contributed by atoms with Crippen LogP contribution in [0.3, 0.4) is 0 Å². The average molecular weight is 302 g/mol. The number of carbonyl (C=O) groups is 1. The van der Waals surface area contributed by atoms with Crippen molar-refractivity contribution in [3.63, 3.8) is 0 Å². The first-order chi connectivity index (χ1) is 10.2. The molecule has 1 aromatic carbocycles. The number of nitrogen functional groups attached to an aromatic ring is 1. The number of carbonyl (C=O) groups excluding carboxylic acids is 1. The van der Waals surface area contributed by atoms with E-state index in [0.717, 1.165) is 18.8 Å². The Hall–Kier alpha value is -2.08. The molecule has 0 bridgehead atoms. The van der Waals surface area contributed by atoms with Gasteiger partial charge in [-0.2, -0.15) is 0 Å². The van der Waals surface area contributed by atoms with E-state index in [4.69, 9.17) is 5.73 Å². The number of benzene rings is 1. The molecule has 0 unspecified atom stereocenters. The second-order valence-electron chi connectivity index (χ2n) is 5.15. The number of nitrogens with two attached hydrogens (primary N) is 1. The standard InChI is InChI=1S/C15H18N4OS/c16-15-18-12(10-21-15)9-14(20)17-11-4-3-5-13(8-11)19-6-1-2-7-19/h3-5,8,10H,1-2,6-7,9H2,(H2,16,18)(H,17,20). The van der Waals surface area contributed by atoms with Gasteiger partial charge in [0.25, 0.3) is 0 Å². The van der Waals surface area contributed by atoms with Crippen LogP contribution >= 0.6 is 11.3 Å². The molecule has 3 rings (SSSR count). The zero-order valence-electron chi connectivity index (χ0n) is 11.7. The second-order valence-corrected chi connectivity index (χ2v) is 6.04. The van der Waals surface area contributed by atoms with Gasteiger partial charge in [-0.05, 0) is 31.0 Å². The van der Waals surface area contributed by atoms with E-state index in [1.807, 2.05) is 23.6 Å². The fraction of sp³-hybridized carbons (Fsp3) is 0.333. The SMILES string of the molecule is Nc1nc(CC(=O)Nc2cccc(N3CCCC3)c2)cs1. The van der Waals surface area contributed by atoms with Crippen LogP contribution in [0.1, 0.15) is 18.5 Å². The summed E-state index contributed by atoms with van der Waals surface area (Å²) < 4.78 is 0. The predicted molar refractivity (Wildman–Crippen MR) is 86.7 cm³/mol. The van der Waals surface area contributed by atoms with Crippen LogP contribution in [0.4, 0.5) is 16.5 Å². The van der Waals surface area contributed by atoms with E-state index >= 15 is 0 Å². The van der Waals surface area contributed by atoms with E-state index < -0.39 is 0 Å². The maximum Gasteiger partial charge on any atom is 0.230 e. The number of hydrogen-bond acceptors (Lipinski definition) is 5. The fourth-order valence-electron chi connectivity index (χ4n) is 2.53. The third-order valence-electron chi connectivity index (χ3n) is 3.51. The molecule has 1 aliphatic rings. The Morgan fingerprint density at radius 1 is 1.38 bits per heavy atom. The van der Waals surface area contributed by atoms with Crippen molar-refractivity contribution in [3.8, 4) is 0 Å². The third-order valence-corrected chi connectivity index (χ3v) is 4.24. The zero-order valence-corrected chi connectivity index (χ0v) is 12.5. The highest BCUT2D eigenvalue weighted by molar-refractivity contribution is 7.13. The molecule has 1 fully saturated rings. The van der Waals surface area contributed by atoms with E-state index in [0.29, 0.717) is 10.8 Å². The lowest BCUT2D eigenvalue weighted by Crippen LogP contribution is -2.18. The second kappa shape index (κ2) is 6.13. The van der Waals surface area contributed by atoms with Crippen molar-refractivity contribution in [1.29, 1.82) is 0 Å². The fourth-order valence-corrected chi connectivity index (χ4v) is 3.09. The monoisotopic (exact) mass is 302 g/mol. The molecule has 2 aromatic rings. The number of nitrogens with one attached hydrogen (secondary N) is 1. The largest absolute Gasteiger partial charge is 0.375 e. The molecule has 0 radical (unpaired) electrons. The van der Waals surface area contributed by atoms with Gasteiger partial charge in [0.2, 0.25) is 5.91 Å². The molecule has 1 aliphatic heterocycles. The van der Waals surface area contributed by atoms with Crippen LogP contribution in [0.2, 0.25) is 0 Å². The van der Waals surface area contributed by atoms with Crippen LogP contribution in [0, 0.1) is 0 Å². The Morgan fingerprint density at radius 3 is 2.90 bits per heavy atom. The van der Waals surface area contributed by atoms with E-state index in [1.165, 1.54) is 29.9 Å². The van der Waals surface area contributed by atoms with Gasteiger partial charge in [0, 0.05) is 29.8 Å². The summed E-state index contributed by atoms with van der Waals surface area (Å²) in [5.74, 6) is -0.0705. The van der Waals surface area contributed by atoms with Gasteiger partial charge in [-0.25, -0.2) is 4.98 Å². The molecule has 1 amide bonds. The molecule has 6 heteroatoms.